The molecule has 0 unspecified atom stereocenters. The average molecular weight is 256 g/mol. The molecule has 1 aromatic rings. The summed E-state index contributed by atoms with van der Waals surface area (Å²) in [7, 11) is 0. The first-order valence-electron chi connectivity index (χ1n) is 3.91. The molecule has 0 N–H and O–H groups in total. The van der Waals surface area contributed by atoms with E-state index in [1.165, 1.54) is 6.92 Å². The molecule has 88 valence electrons. The van der Waals surface area contributed by atoms with E-state index in [2.05, 4.69) is 4.74 Å². The lowest BCUT2D eigenvalue weighted by Crippen LogP contribution is -2.18. The van der Waals surface area contributed by atoms with Crippen molar-refractivity contribution < 1.29 is 22.8 Å². The molecule has 0 aliphatic carbocycles. The van der Waals surface area contributed by atoms with Crippen LogP contribution in [0.4, 0.5) is 18.9 Å². The third kappa shape index (κ3) is 2.99. The van der Waals surface area contributed by atoms with Crippen molar-refractivity contribution in [2.45, 2.75) is 13.3 Å². The number of nitro benzene ring substituents is 1. The van der Waals surface area contributed by atoms with Crippen LogP contribution in [0.2, 0.25) is 5.02 Å². The first-order valence-corrected chi connectivity index (χ1v) is 4.29. The minimum atomic E-state index is -4.91. The van der Waals surface area contributed by atoms with E-state index in [1.807, 2.05) is 0 Å². The van der Waals surface area contributed by atoms with Crippen LogP contribution < -0.4 is 4.74 Å². The Bertz CT molecular complexity index is 433. The van der Waals surface area contributed by atoms with E-state index in [0.29, 0.717) is 6.07 Å². The molecule has 1 aromatic carbocycles. The minimum absolute atomic E-state index is 0.00964. The molecular weight excluding hydrogens is 251 g/mol. The molecule has 0 heterocycles. The van der Waals surface area contributed by atoms with E-state index < -0.39 is 22.7 Å². The van der Waals surface area contributed by atoms with Gasteiger partial charge < -0.3 is 4.74 Å². The second kappa shape index (κ2) is 4.17. The van der Waals surface area contributed by atoms with Crippen LogP contribution in [0.25, 0.3) is 0 Å². The van der Waals surface area contributed by atoms with Crippen molar-refractivity contribution in [1.29, 1.82) is 0 Å². The Hall–Kier alpha value is -1.50. The fourth-order valence-corrected chi connectivity index (χ4v) is 1.18. The zero-order valence-electron chi connectivity index (χ0n) is 7.84. The number of hydrogen-bond acceptors (Lipinski definition) is 3. The Labute approximate surface area is 92.7 Å². The monoisotopic (exact) mass is 255 g/mol. The van der Waals surface area contributed by atoms with Crippen LogP contribution >= 0.6 is 11.6 Å². The van der Waals surface area contributed by atoms with Gasteiger partial charge in [-0.1, -0.05) is 11.6 Å². The summed E-state index contributed by atoms with van der Waals surface area (Å²) < 4.78 is 39.5. The predicted molar refractivity (Wildman–Crippen MR) is 49.5 cm³/mol. The Balaban J connectivity index is 3.22. The van der Waals surface area contributed by atoms with Crippen LogP contribution in [0, 0.1) is 17.0 Å². The van der Waals surface area contributed by atoms with Crippen LogP contribution in [-0.4, -0.2) is 11.3 Å². The minimum Gasteiger partial charge on any atom is -0.405 e. The highest BCUT2D eigenvalue weighted by atomic mass is 35.5. The normalized spacial score (nSPS) is 11.3. The largest absolute Gasteiger partial charge is 0.573 e. The van der Waals surface area contributed by atoms with Gasteiger partial charge >= 0.3 is 6.36 Å². The van der Waals surface area contributed by atoms with Gasteiger partial charge in [-0.3, -0.25) is 10.1 Å². The maximum absolute atomic E-state index is 12.0. The van der Waals surface area contributed by atoms with Gasteiger partial charge in [0, 0.05) is 11.6 Å². The Morgan fingerprint density at radius 2 is 2.00 bits per heavy atom. The summed E-state index contributed by atoms with van der Waals surface area (Å²) in [6.45, 7) is 1.27. The summed E-state index contributed by atoms with van der Waals surface area (Å²) in [6, 6.07) is 1.63. The van der Waals surface area contributed by atoms with Crippen LogP contribution in [0.1, 0.15) is 5.56 Å². The molecule has 0 atom stereocenters. The molecule has 0 saturated heterocycles. The number of alkyl halides is 3. The van der Waals surface area contributed by atoms with Crippen molar-refractivity contribution in [3.63, 3.8) is 0 Å². The second-order valence-electron chi connectivity index (χ2n) is 2.86. The molecule has 4 nitrogen and oxygen atoms in total. The fourth-order valence-electron chi connectivity index (χ4n) is 0.976. The van der Waals surface area contributed by atoms with Crippen molar-refractivity contribution in [3.8, 4) is 5.75 Å². The quantitative estimate of drug-likeness (QED) is 0.601. The van der Waals surface area contributed by atoms with Gasteiger partial charge in [-0.25, -0.2) is 0 Å². The standard InChI is InChI=1S/C8H5ClF3NO3/c1-4-6(9)2-5(13(14)15)3-7(4)16-8(10,11)12/h2-3H,1H3. The van der Waals surface area contributed by atoms with Gasteiger partial charge in [0.25, 0.3) is 5.69 Å². The number of rotatable bonds is 2. The predicted octanol–water partition coefficient (Wildman–Crippen LogP) is 3.46. The van der Waals surface area contributed by atoms with Crippen LogP contribution in [-0.2, 0) is 0 Å². The van der Waals surface area contributed by atoms with Crippen LogP contribution in [0.3, 0.4) is 0 Å². The molecule has 16 heavy (non-hydrogen) atoms. The average Bonchev–Trinajstić information content (AvgIpc) is 2.10. The molecule has 0 aromatic heterocycles. The maximum Gasteiger partial charge on any atom is 0.573 e. The van der Waals surface area contributed by atoms with Crippen LogP contribution in [0.15, 0.2) is 12.1 Å². The van der Waals surface area contributed by atoms with E-state index in [9.17, 15) is 23.3 Å². The molecular formula is C8H5ClF3NO3. The van der Waals surface area contributed by atoms with Crippen molar-refractivity contribution in [1.82, 2.24) is 0 Å². The SMILES string of the molecule is Cc1c(Cl)cc([N+](=O)[O-])cc1OC(F)(F)F. The summed E-state index contributed by atoms with van der Waals surface area (Å²) >= 11 is 5.54. The number of ether oxygens (including phenoxy) is 1. The first-order chi connectivity index (χ1) is 7.20. The highest BCUT2D eigenvalue weighted by Gasteiger charge is 2.32. The summed E-state index contributed by atoms with van der Waals surface area (Å²) in [6.07, 6.45) is -4.91. The molecule has 0 amide bonds. The fraction of sp³-hybridized carbons (Fsp3) is 0.250. The lowest BCUT2D eigenvalue weighted by atomic mass is 10.2. The van der Waals surface area contributed by atoms with Gasteiger partial charge in [0.15, 0.2) is 0 Å². The molecule has 8 heteroatoms. The molecule has 0 aliphatic rings. The van der Waals surface area contributed by atoms with Gasteiger partial charge in [-0.2, -0.15) is 0 Å². The molecule has 0 spiro atoms. The highest BCUT2D eigenvalue weighted by Crippen LogP contribution is 2.34. The zero-order chi connectivity index (χ0) is 12.5. The van der Waals surface area contributed by atoms with Crippen LogP contribution in [0.5, 0.6) is 5.75 Å². The van der Waals surface area contributed by atoms with Crippen molar-refractivity contribution >= 4 is 17.3 Å². The van der Waals surface area contributed by atoms with E-state index >= 15 is 0 Å². The topological polar surface area (TPSA) is 52.4 Å². The molecule has 0 saturated carbocycles. The van der Waals surface area contributed by atoms with E-state index in [-0.39, 0.29) is 10.6 Å². The Morgan fingerprint density at radius 1 is 1.44 bits per heavy atom. The number of non-ortho nitro benzene ring substituents is 1. The molecule has 1 rings (SSSR count). The number of benzene rings is 1. The number of hydrogen-bond donors (Lipinski definition) is 0. The summed E-state index contributed by atoms with van der Waals surface area (Å²) in [5.74, 6) is -0.674. The smallest absolute Gasteiger partial charge is 0.405 e. The van der Waals surface area contributed by atoms with Crippen molar-refractivity contribution in [3.05, 3.63) is 32.8 Å². The Kier molecular flexibility index (Phi) is 3.27. The maximum atomic E-state index is 12.0. The summed E-state index contributed by atoms with van der Waals surface area (Å²) in [5.41, 5.74) is -0.570. The van der Waals surface area contributed by atoms with E-state index in [1.54, 1.807) is 0 Å². The molecule has 0 fully saturated rings. The highest BCUT2D eigenvalue weighted by molar-refractivity contribution is 6.31. The molecule has 0 aliphatic heterocycles. The van der Waals surface area contributed by atoms with Gasteiger partial charge in [-0.15, -0.1) is 13.2 Å². The Morgan fingerprint density at radius 3 is 2.44 bits per heavy atom. The third-order valence-electron chi connectivity index (χ3n) is 1.72. The lowest BCUT2D eigenvalue weighted by Gasteiger charge is -2.11. The summed E-state index contributed by atoms with van der Waals surface area (Å²) in [4.78, 5) is 9.54. The number of halogens is 4. The third-order valence-corrected chi connectivity index (χ3v) is 2.11. The van der Waals surface area contributed by atoms with E-state index in [4.69, 9.17) is 11.6 Å². The number of nitro groups is 1. The van der Waals surface area contributed by atoms with E-state index in [0.717, 1.165) is 6.07 Å². The van der Waals surface area contributed by atoms with Gasteiger partial charge in [-0.05, 0) is 6.92 Å². The van der Waals surface area contributed by atoms with Crippen molar-refractivity contribution in [2.24, 2.45) is 0 Å². The number of nitrogens with zero attached hydrogens (tertiary/aromatic N) is 1. The second-order valence-corrected chi connectivity index (χ2v) is 3.26. The zero-order valence-corrected chi connectivity index (χ0v) is 8.59. The molecule has 0 radical (unpaired) electrons. The first kappa shape index (κ1) is 12.6. The van der Waals surface area contributed by atoms with Crippen molar-refractivity contribution in [2.75, 3.05) is 0 Å². The van der Waals surface area contributed by atoms with Gasteiger partial charge in [0.05, 0.1) is 16.0 Å². The molecule has 0 bridgehead atoms. The summed E-state index contributed by atoms with van der Waals surface area (Å²) in [5, 5.41) is 10.2. The lowest BCUT2D eigenvalue weighted by molar-refractivity contribution is -0.385. The van der Waals surface area contributed by atoms with Gasteiger partial charge in [0.1, 0.15) is 5.75 Å². The van der Waals surface area contributed by atoms with Gasteiger partial charge in [0.2, 0.25) is 0 Å².